The van der Waals surface area contributed by atoms with Crippen molar-refractivity contribution in [2.75, 3.05) is 13.2 Å². The van der Waals surface area contributed by atoms with Gasteiger partial charge in [-0.05, 0) is 44.4 Å². The summed E-state index contributed by atoms with van der Waals surface area (Å²) in [5.74, 6) is -0.597. The van der Waals surface area contributed by atoms with E-state index >= 15 is 0 Å². The summed E-state index contributed by atoms with van der Waals surface area (Å²) in [6.07, 6.45) is 2.62. The Morgan fingerprint density at radius 2 is 1.68 bits per heavy atom. The van der Waals surface area contributed by atoms with Crippen molar-refractivity contribution in [3.63, 3.8) is 0 Å². The average molecular weight is 354 g/mol. The number of esters is 2. The molecule has 2 aliphatic carbocycles. The van der Waals surface area contributed by atoms with Gasteiger partial charge in [-0.15, -0.1) is 0 Å². The molecule has 6 atom stereocenters. The summed E-state index contributed by atoms with van der Waals surface area (Å²) in [6.45, 7) is 0.286. The Kier molecular flexibility index (Phi) is 4.54. The zero-order valence-electron chi connectivity index (χ0n) is 13.9. The highest BCUT2D eigenvalue weighted by Gasteiger charge is 2.43. The van der Waals surface area contributed by atoms with Gasteiger partial charge in [-0.25, -0.2) is 9.59 Å². The smallest absolute Gasteiger partial charge is 0.465 e. The molecule has 8 heteroatoms. The molecule has 0 aromatic rings. The second kappa shape index (κ2) is 6.82. The third-order valence-corrected chi connectivity index (χ3v) is 5.56. The van der Waals surface area contributed by atoms with Gasteiger partial charge in [0.05, 0.1) is 18.6 Å². The Hall–Kier alpha value is -1.83. The van der Waals surface area contributed by atoms with Crippen molar-refractivity contribution < 1.29 is 38.1 Å². The molecule has 2 saturated carbocycles. The number of carbonyl (C=O) groups excluding carboxylic acids is 3. The fourth-order valence-electron chi connectivity index (χ4n) is 4.19. The lowest BCUT2D eigenvalue weighted by Gasteiger charge is -2.37. The van der Waals surface area contributed by atoms with Crippen molar-refractivity contribution in [2.24, 2.45) is 11.8 Å². The van der Waals surface area contributed by atoms with Crippen LogP contribution in [0.25, 0.3) is 0 Å². The first-order valence-electron chi connectivity index (χ1n) is 8.93. The summed E-state index contributed by atoms with van der Waals surface area (Å²) in [6, 6.07) is 0. The molecule has 2 aliphatic heterocycles. The molecule has 0 spiro atoms. The standard InChI is InChI=1S/C17H22O8/c18-15-8-21-13-6-10(2-4-11(13)23-15)16(19)22-7-9-1-3-12-14(5-9)25-17(20)24-12/h9-14H,1-8H2. The molecule has 2 saturated heterocycles. The summed E-state index contributed by atoms with van der Waals surface area (Å²) < 4.78 is 26.4. The van der Waals surface area contributed by atoms with Crippen LogP contribution in [-0.2, 0) is 33.3 Å². The Morgan fingerprint density at radius 3 is 2.56 bits per heavy atom. The Balaban J connectivity index is 1.23. The van der Waals surface area contributed by atoms with Crippen molar-refractivity contribution in [3.8, 4) is 0 Å². The molecular weight excluding hydrogens is 332 g/mol. The van der Waals surface area contributed by atoms with E-state index in [0.29, 0.717) is 32.3 Å². The number of hydrogen-bond acceptors (Lipinski definition) is 8. The highest BCUT2D eigenvalue weighted by Crippen LogP contribution is 2.34. The van der Waals surface area contributed by atoms with Crippen molar-refractivity contribution >= 4 is 18.1 Å². The molecule has 0 bridgehead atoms. The van der Waals surface area contributed by atoms with Gasteiger partial charge in [-0.2, -0.15) is 0 Å². The van der Waals surface area contributed by atoms with Crippen LogP contribution in [0, 0.1) is 11.8 Å². The van der Waals surface area contributed by atoms with Gasteiger partial charge in [0.1, 0.15) is 24.9 Å². The Bertz CT molecular complexity index is 561. The van der Waals surface area contributed by atoms with E-state index < -0.39 is 6.16 Å². The predicted octanol–water partition coefficient (Wildman–Crippen LogP) is 1.34. The van der Waals surface area contributed by atoms with Gasteiger partial charge in [0.25, 0.3) is 0 Å². The first-order chi connectivity index (χ1) is 12.1. The number of fused-ring (bicyclic) bond motifs is 2. The third kappa shape index (κ3) is 3.58. The van der Waals surface area contributed by atoms with Crippen molar-refractivity contribution in [1.29, 1.82) is 0 Å². The molecule has 4 rings (SSSR count). The maximum atomic E-state index is 12.4. The van der Waals surface area contributed by atoms with E-state index in [-0.39, 0.29) is 54.8 Å². The second-order valence-corrected chi connectivity index (χ2v) is 7.26. The Labute approximate surface area is 145 Å². The van der Waals surface area contributed by atoms with Crippen molar-refractivity contribution in [3.05, 3.63) is 0 Å². The van der Waals surface area contributed by atoms with Crippen LogP contribution in [0.4, 0.5) is 4.79 Å². The summed E-state index contributed by atoms with van der Waals surface area (Å²) in [5.41, 5.74) is 0. The normalized spacial score (nSPS) is 40.2. The minimum Gasteiger partial charge on any atom is -0.465 e. The van der Waals surface area contributed by atoms with Gasteiger partial charge in [-0.1, -0.05) is 0 Å². The summed E-state index contributed by atoms with van der Waals surface area (Å²) in [5, 5.41) is 0. The van der Waals surface area contributed by atoms with E-state index in [1.165, 1.54) is 0 Å². The highest BCUT2D eigenvalue weighted by molar-refractivity contribution is 5.73. The number of carbonyl (C=O) groups is 3. The minimum absolute atomic E-state index is 0.0473. The van der Waals surface area contributed by atoms with E-state index in [4.69, 9.17) is 23.7 Å². The van der Waals surface area contributed by atoms with E-state index in [2.05, 4.69) is 0 Å². The SMILES string of the molecule is O=C1COC2CC(C(=O)OCC3CCC4OC(=O)OC4C3)CCC2O1. The molecular formula is C17H22O8. The average Bonchev–Trinajstić information content (AvgIpc) is 2.98. The highest BCUT2D eigenvalue weighted by atomic mass is 16.8. The monoisotopic (exact) mass is 354 g/mol. The molecule has 0 amide bonds. The van der Waals surface area contributed by atoms with Gasteiger partial charge in [0.15, 0.2) is 0 Å². The molecule has 4 fully saturated rings. The van der Waals surface area contributed by atoms with E-state index in [1.54, 1.807) is 0 Å². The van der Waals surface area contributed by atoms with Crippen LogP contribution in [0.15, 0.2) is 0 Å². The lowest BCUT2D eigenvalue weighted by atomic mass is 9.84. The summed E-state index contributed by atoms with van der Waals surface area (Å²) in [7, 11) is 0. The van der Waals surface area contributed by atoms with Crippen LogP contribution >= 0.6 is 0 Å². The van der Waals surface area contributed by atoms with Gasteiger partial charge in [0, 0.05) is 0 Å². The van der Waals surface area contributed by atoms with Crippen LogP contribution in [0.3, 0.4) is 0 Å². The lowest BCUT2D eigenvalue weighted by Crippen LogP contribution is -2.46. The van der Waals surface area contributed by atoms with Crippen LogP contribution in [0.5, 0.6) is 0 Å². The molecule has 8 nitrogen and oxygen atoms in total. The molecule has 0 N–H and O–H groups in total. The summed E-state index contributed by atoms with van der Waals surface area (Å²) >= 11 is 0. The quantitative estimate of drug-likeness (QED) is 0.553. The molecule has 0 radical (unpaired) electrons. The lowest BCUT2D eigenvalue weighted by molar-refractivity contribution is -0.192. The van der Waals surface area contributed by atoms with E-state index in [9.17, 15) is 14.4 Å². The molecule has 25 heavy (non-hydrogen) atoms. The van der Waals surface area contributed by atoms with E-state index in [0.717, 1.165) is 12.8 Å². The fraction of sp³-hybridized carbons (Fsp3) is 0.824. The van der Waals surface area contributed by atoms with Gasteiger partial charge < -0.3 is 23.7 Å². The molecule has 0 aromatic heterocycles. The van der Waals surface area contributed by atoms with E-state index in [1.807, 2.05) is 0 Å². The second-order valence-electron chi connectivity index (χ2n) is 7.26. The largest absolute Gasteiger partial charge is 0.509 e. The van der Waals surface area contributed by atoms with Gasteiger partial charge in [0.2, 0.25) is 0 Å². The first kappa shape index (κ1) is 16.6. The first-order valence-corrected chi connectivity index (χ1v) is 8.93. The minimum atomic E-state index is -0.599. The zero-order chi connectivity index (χ0) is 17.4. The molecule has 2 heterocycles. The summed E-state index contributed by atoms with van der Waals surface area (Å²) in [4.78, 5) is 34.7. The van der Waals surface area contributed by atoms with Crippen molar-refractivity contribution in [2.45, 2.75) is 62.9 Å². The maximum Gasteiger partial charge on any atom is 0.509 e. The fourth-order valence-corrected chi connectivity index (χ4v) is 4.19. The van der Waals surface area contributed by atoms with Gasteiger partial charge in [-0.3, -0.25) is 4.79 Å². The topological polar surface area (TPSA) is 97.4 Å². The molecule has 6 unspecified atom stereocenters. The van der Waals surface area contributed by atoms with Crippen LogP contribution in [0.1, 0.15) is 38.5 Å². The third-order valence-electron chi connectivity index (χ3n) is 5.56. The molecule has 0 aromatic carbocycles. The number of hydrogen-bond donors (Lipinski definition) is 0. The molecule has 138 valence electrons. The van der Waals surface area contributed by atoms with Crippen LogP contribution < -0.4 is 0 Å². The molecule has 4 aliphatic rings. The van der Waals surface area contributed by atoms with Gasteiger partial charge >= 0.3 is 18.1 Å². The maximum absolute atomic E-state index is 12.4. The number of rotatable bonds is 3. The zero-order valence-corrected chi connectivity index (χ0v) is 13.9. The van der Waals surface area contributed by atoms with Crippen LogP contribution in [0.2, 0.25) is 0 Å². The predicted molar refractivity (Wildman–Crippen MR) is 80.4 cm³/mol. The van der Waals surface area contributed by atoms with Crippen molar-refractivity contribution in [1.82, 2.24) is 0 Å². The number of ether oxygens (including phenoxy) is 5. The van der Waals surface area contributed by atoms with Crippen LogP contribution in [-0.4, -0.2) is 55.7 Å². The Morgan fingerprint density at radius 1 is 0.920 bits per heavy atom.